The van der Waals surface area contributed by atoms with Crippen molar-refractivity contribution in [2.24, 2.45) is 5.92 Å². The molecule has 0 spiro atoms. The smallest absolute Gasteiger partial charge is 0.136 e. The standard InChI is InChI=1S/C31H35NO.2C2H6.H2/c1-24(31(33)22-19-26-13-7-4-8-14-26)23-29(32-3)20-21-30(28-17-11-6-12-18-28)25(2)27-15-9-5-10-16-27;2*1-2;/h4-18,20-21,24,29-30,32H,2,19,22-23H2,1,3H3;2*1-2H3;1H. The largest absolute Gasteiger partial charge is 0.314 e. The molecule has 0 aliphatic heterocycles. The molecule has 0 heterocycles. The molecule has 37 heavy (non-hydrogen) atoms. The first-order valence-electron chi connectivity index (χ1n) is 13.8. The van der Waals surface area contributed by atoms with Crippen molar-refractivity contribution in [3.63, 3.8) is 0 Å². The normalized spacial score (nSPS) is 12.8. The summed E-state index contributed by atoms with van der Waals surface area (Å²) < 4.78 is 0. The Hall–Kier alpha value is -3.23. The van der Waals surface area contributed by atoms with Gasteiger partial charge in [0.05, 0.1) is 0 Å². The number of allylic oxidation sites excluding steroid dienone is 2. The molecule has 3 atom stereocenters. The van der Waals surface area contributed by atoms with Crippen LogP contribution in [0, 0.1) is 5.92 Å². The number of Topliss-reactive ketones (excluding diaryl/α,β-unsaturated/α-hetero) is 1. The predicted octanol–water partition coefficient (Wildman–Crippen LogP) is 9.15. The van der Waals surface area contributed by atoms with Gasteiger partial charge in [-0.2, -0.15) is 0 Å². The van der Waals surface area contributed by atoms with Crippen LogP contribution in [0.2, 0.25) is 0 Å². The minimum atomic E-state index is 0. The zero-order chi connectivity index (χ0) is 27.5. The third kappa shape index (κ3) is 11.1. The van der Waals surface area contributed by atoms with E-state index in [9.17, 15) is 4.79 Å². The molecule has 0 bridgehead atoms. The fourth-order valence-electron chi connectivity index (χ4n) is 4.13. The number of rotatable bonds is 12. The Morgan fingerprint density at radius 2 is 1.35 bits per heavy atom. The van der Waals surface area contributed by atoms with E-state index in [0.717, 1.165) is 24.0 Å². The molecule has 0 aliphatic carbocycles. The lowest BCUT2D eigenvalue weighted by Crippen LogP contribution is -2.28. The van der Waals surface area contributed by atoms with E-state index in [2.05, 4.69) is 72.6 Å². The minimum absolute atomic E-state index is 0. The van der Waals surface area contributed by atoms with Gasteiger partial charge in [-0.3, -0.25) is 4.79 Å². The number of hydrogen-bond donors (Lipinski definition) is 1. The number of aryl methyl sites for hydroxylation is 1. The first-order chi connectivity index (χ1) is 18.1. The molecule has 0 radical (unpaired) electrons. The molecule has 0 saturated heterocycles. The van der Waals surface area contributed by atoms with Gasteiger partial charge in [-0.05, 0) is 42.2 Å². The highest BCUT2D eigenvalue weighted by Gasteiger charge is 2.18. The third-order valence-electron chi connectivity index (χ3n) is 6.25. The van der Waals surface area contributed by atoms with E-state index >= 15 is 0 Å². The molecule has 3 aromatic rings. The number of ketones is 1. The molecule has 0 fully saturated rings. The summed E-state index contributed by atoms with van der Waals surface area (Å²) in [5.41, 5.74) is 4.64. The van der Waals surface area contributed by atoms with Crippen molar-refractivity contribution in [2.45, 2.75) is 65.8 Å². The van der Waals surface area contributed by atoms with E-state index in [0.29, 0.717) is 12.2 Å². The van der Waals surface area contributed by atoms with Gasteiger partial charge in [-0.15, -0.1) is 0 Å². The van der Waals surface area contributed by atoms with Crippen molar-refractivity contribution in [1.82, 2.24) is 5.32 Å². The van der Waals surface area contributed by atoms with E-state index in [1.165, 1.54) is 11.1 Å². The van der Waals surface area contributed by atoms with E-state index in [1.807, 2.05) is 84.1 Å². The summed E-state index contributed by atoms with van der Waals surface area (Å²) in [5.74, 6) is 0.401. The first-order valence-corrected chi connectivity index (χ1v) is 13.8. The van der Waals surface area contributed by atoms with Gasteiger partial charge in [-0.25, -0.2) is 0 Å². The zero-order valence-electron chi connectivity index (χ0n) is 23.8. The summed E-state index contributed by atoms with van der Waals surface area (Å²) in [6, 6.07) is 31.1. The Bertz CT molecular complexity index is 1030. The molecule has 1 N–H and O–H groups in total. The van der Waals surface area contributed by atoms with Crippen LogP contribution in [0.3, 0.4) is 0 Å². The monoisotopic (exact) mass is 499 g/mol. The molecule has 3 aromatic carbocycles. The average Bonchev–Trinajstić information content (AvgIpc) is 2.98. The quantitative estimate of drug-likeness (QED) is 0.252. The van der Waals surface area contributed by atoms with Crippen molar-refractivity contribution in [1.29, 1.82) is 0 Å². The number of likely N-dealkylation sites (N-methyl/N-ethyl adjacent to an activating group) is 1. The van der Waals surface area contributed by atoms with E-state index < -0.39 is 0 Å². The maximum absolute atomic E-state index is 12.8. The van der Waals surface area contributed by atoms with Crippen LogP contribution in [0.5, 0.6) is 0 Å². The van der Waals surface area contributed by atoms with Crippen LogP contribution in [0.15, 0.2) is 110 Å². The molecule has 0 amide bonds. The Morgan fingerprint density at radius 1 is 0.838 bits per heavy atom. The van der Waals surface area contributed by atoms with Crippen molar-refractivity contribution >= 4 is 11.4 Å². The zero-order valence-corrected chi connectivity index (χ0v) is 23.8. The number of nitrogens with one attached hydrogen (secondary N) is 1. The summed E-state index contributed by atoms with van der Waals surface area (Å²) in [6.45, 7) is 14.5. The van der Waals surface area contributed by atoms with Gasteiger partial charge in [0.15, 0.2) is 0 Å². The van der Waals surface area contributed by atoms with Crippen LogP contribution in [-0.4, -0.2) is 18.9 Å². The second kappa shape index (κ2) is 19.0. The Morgan fingerprint density at radius 3 is 1.89 bits per heavy atom. The topological polar surface area (TPSA) is 29.1 Å². The van der Waals surface area contributed by atoms with Crippen molar-refractivity contribution in [2.75, 3.05) is 7.05 Å². The molecular weight excluding hydrogens is 450 g/mol. The van der Waals surface area contributed by atoms with Gasteiger partial charge in [0.1, 0.15) is 5.78 Å². The molecular formula is C35H49NO. The molecule has 3 unspecified atom stereocenters. The highest BCUT2D eigenvalue weighted by molar-refractivity contribution is 5.81. The molecule has 0 saturated carbocycles. The summed E-state index contributed by atoms with van der Waals surface area (Å²) in [6.07, 6.45) is 6.60. The van der Waals surface area contributed by atoms with Crippen LogP contribution in [-0.2, 0) is 11.2 Å². The summed E-state index contributed by atoms with van der Waals surface area (Å²) >= 11 is 0. The number of carbonyl (C=O) groups is 1. The molecule has 3 rings (SSSR count). The van der Waals surface area contributed by atoms with Gasteiger partial charge in [0.25, 0.3) is 0 Å². The van der Waals surface area contributed by atoms with Gasteiger partial charge in [-0.1, -0.05) is 144 Å². The van der Waals surface area contributed by atoms with Gasteiger partial charge in [0.2, 0.25) is 0 Å². The SMILES string of the molecule is C=C(c1ccccc1)C(C=CC(CC(C)C(=O)CCc1ccccc1)NC)c1ccccc1.CC.CC.[HH]. The molecule has 200 valence electrons. The van der Waals surface area contributed by atoms with Gasteiger partial charge in [0, 0.05) is 25.7 Å². The first kappa shape index (κ1) is 31.8. The van der Waals surface area contributed by atoms with Crippen molar-refractivity contribution < 1.29 is 6.22 Å². The second-order valence-corrected chi connectivity index (χ2v) is 8.65. The van der Waals surface area contributed by atoms with Crippen molar-refractivity contribution in [3.8, 4) is 0 Å². The fraction of sp³-hybridized carbons (Fsp3) is 0.343. The van der Waals surface area contributed by atoms with Crippen LogP contribution < -0.4 is 5.32 Å². The summed E-state index contributed by atoms with van der Waals surface area (Å²) in [7, 11) is 1.96. The molecule has 0 aromatic heterocycles. The maximum atomic E-state index is 12.8. The average molecular weight is 500 g/mol. The Labute approximate surface area is 228 Å². The van der Waals surface area contributed by atoms with Crippen LogP contribution in [0.4, 0.5) is 0 Å². The Kier molecular flexibility index (Phi) is 16.3. The highest BCUT2D eigenvalue weighted by atomic mass is 16.1. The lowest BCUT2D eigenvalue weighted by Gasteiger charge is -2.20. The van der Waals surface area contributed by atoms with E-state index in [1.54, 1.807) is 0 Å². The number of carbonyl (C=O) groups excluding carboxylic acids is 1. The minimum Gasteiger partial charge on any atom is -0.314 e. The van der Waals surface area contributed by atoms with Crippen LogP contribution in [0.1, 0.15) is 71.5 Å². The van der Waals surface area contributed by atoms with E-state index in [-0.39, 0.29) is 19.3 Å². The molecule has 2 nitrogen and oxygen atoms in total. The van der Waals surface area contributed by atoms with Crippen LogP contribution >= 0.6 is 0 Å². The summed E-state index contributed by atoms with van der Waals surface area (Å²) in [5, 5.41) is 3.38. The predicted molar refractivity (Wildman–Crippen MR) is 165 cm³/mol. The fourth-order valence-corrected chi connectivity index (χ4v) is 4.13. The lowest BCUT2D eigenvalue weighted by molar-refractivity contribution is -0.122. The number of benzene rings is 3. The second-order valence-electron chi connectivity index (χ2n) is 8.65. The third-order valence-corrected chi connectivity index (χ3v) is 6.25. The maximum Gasteiger partial charge on any atom is 0.136 e. The lowest BCUT2D eigenvalue weighted by atomic mass is 9.86. The highest BCUT2D eigenvalue weighted by Crippen LogP contribution is 2.32. The van der Waals surface area contributed by atoms with Crippen molar-refractivity contribution in [3.05, 3.63) is 126 Å². The van der Waals surface area contributed by atoms with Gasteiger partial charge >= 0.3 is 0 Å². The van der Waals surface area contributed by atoms with Gasteiger partial charge < -0.3 is 5.32 Å². The molecule has 0 aliphatic rings. The summed E-state index contributed by atoms with van der Waals surface area (Å²) in [4.78, 5) is 12.8. The Balaban J connectivity index is 0.00000261. The molecule has 2 heteroatoms. The number of hydrogen-bond acceptors (Lipinski definition) is 2. The van der Waals surface area contributed by atoms with E-state index in [4.69, 9.17) is 0 Å². The van der Waals surface area contributed by atoms with Crippen LogP contribution in [0.25, 0.3) is 5.57 Å².